The van der Waals surface area contributed by atoms with E-state index in [-0.39, 0.29) is 12.0 Å². The third-order valence-corrected chi connectivity index (χ3v) is 4.93. The molecule has 1 aliphatic rings. The molecular weight excluding hydrogens is 342 g/mol. The first-order valence-corrected chi connectivity index (χ1v) is 9.19. The van der Waals surface area contributed by atoms with E-state index in [1.54, 1.807) is 7.11 Å². The minimum atomic E-state index is -0.0935. The highest BCUT2D eigenvalue weighted by molar-refractivity contribution is 5.97. The zero-order valence-electron chi connectivity index (χ0n) is 15.6. The average molecular weight is 365 g/mol. The molecule has 2 aromatic carbocycles. The summed E-state index contributed by atoms with van der Waals surface area (Å²) in [4.78, 5) is 17.1. The predicted octanol–water partition coefficient (Wildman–Crippen LogP) is 3.25. The Morgan fingerprint density at radius 3 is 2.81 bits per heavy atom. The van der Waals surface area contributed by atoms with Crippen molar-refractivity contribution in [2.75, 3.05) is 20.3 Å². The SMILES string of the molecule is COc1ccc(-n2c(C)nc3cc(C(=O)NCC4CCCO4)ccc32)cc1. The molecule has 1 unspecified atom stereocenters. The molecule has 1 atom stereocenters. The van der Waals surface area contributed by atoms with Gasteiger partial charge in [0.2, 0.25) is 0 Å². The molecule has 1 amide bonds. The minimum absolute atomic E-state index is 0.0935. The summed E-state index contributed by atoms with van der Waals surface area (Å²) in [5.41, 5.74) is 3.38. The fourth-order valence-electron chi connectivity index (χ4n) is 3.51. The van der Waals surface area contributed by atoms with E-state index in [1.165, 1.54) is 0 Å². The smallest absolute Gasteiger partial charge is 0.251 e. The van der Waals surface area contributed by atoms with E-state index in [0.29, 0.717) is 12.1 Å². The molecule has 6 nitrogen and oxygen atoms in total. The zero-order valence-corrected chi connectivity index (χ0v) is 15.6. The molecule has 4 rings (SSSR count). The molecule has 0 aliphatic carbocycles. The van der Waals surface area contributed by atoms with Crippen LogP contribution in [0.25, 0.3) is 16.7 Å². The molecule has 0 spiro atoms. The monoisotopic (exact) mass is 365 g/mol. The Hall–Kier alpha value is -2.86. The highest BCUT2D eigenvalue weighted by Crippen LogP contribution is 2.24. The number of hydrogen-bond donors (Lipinski definition) is 1. The van der Waals surface area contributed by atoms with Crippen LogP contribution in [-0.4, -0.2) is 41.8 Å². The summed E-state index contributed by atoms with van der Waals surface area (Å²) < 4.78 is 12.9. The van der Waals surface area contributed by atoms with Gasteiger partial charge >= 0.3 is 0 Å². The summed E-state index contributed by atoms with van der Waals surface area (Å²) in [6.07, 6.45) is 2.20. The number of fused-ring (bicyclic) bond motifs is 1. The van der Waals surface area contributed by atoms with Crippen molar-refractivity contribution in [3.8, 4) is 11.4 Å². The van der Waals surface area contributed by atoms with Crippen LogP contribution >= 0.6 is 0 Å². The van der Waals surface area contributed by atoms with Gasteiger partial charge in [0.25, 0.3) is 5.91 Å². The third-order valence-electron chi connectivity index (χ3n) is 4.93. The van der Waals surface area contributed by atoms with Gasteiger partial charge in [0, 0.05) is 24.4 Å². The highest BCUT2D eigenvalue weighted by atomic mass is 16.5. The maximum atomic E-state index is 12.5. The van der Waals surface area contributed by atoms with Crippen LogP contribution in [0.3, 0.4) is 0 Å². The van der Waals surface area contributed by atoms with Gasteiger partial charge < -0.3 is 14.8 Å². The fourth-order valence-corrected chi connectivity index (χ4v) is 3.51. The van der Waals surface area contributed by atoms with Gasteiger partial charge in [-0.05, 0) is 62.2 Å². The number of hydrogen-bond acceptors (Lipinski definition) is 4. The molecule has 1 saturated heterocycles. The van der Waals surface area contributed by atoms with Gasteiger partial charge in [0.1, 0.15) is 11.6 Å². The number of carbonyl (C=O) groups excluding carboxylic acids is 1. The van der Waals surface area contributed by atoms with Crippen LogP contribution in [0.2, 0.25) is 0 Å². The molecule has 1 aromatic heterocycles. The van der Waals surface area contributed by atoms with Crippen molar-refractivity contribution in [2.24, 2.45) is 0 Å². The van der Waals surface area contributed by atoms with Crippen molar-refractivity contribution in [1.29, 1.82) is 0 Å². The summed E-state index contributed by atoms with van der Waals surface area (Å²) in [7, 11) is 1.65. The minimum Gasteiger partial charge on any atom is -0.497 e. The topological polar surface area (TPSA) is 65.4 Å². The molecule has 3 aromatic rings. The molecule has 1 aliphatic heterocycles. The second-order valence-electron chi connectivity index (χ2n) is 6.74. The average Bonchev–Trinajstić information content (AvgIpc) is 3.32. The summed E-state index contributed by atoms with van der Waals surface area (Å²) in [6, 6.07) is 13.5. The standard InChI is InChI=1S/C21H23N3O3/c1-14-23-19-12-15(21(25)22-13-18-4-3-11-27-18)5-10-20(19)24(14)16-6-8-17(26-2)9-7-16/h5-10,12,18H,3-4,11,13H2,1-2H3,(H,22,25). The first-order chi connectivity index (χ1) is 13.2. The van der Waals surface area contributed by atoms with Gasteiger partial charge in [-0.3, -0.25) is 9.36 Å². The van der Waals surface area contributed by atoms with E-state index in [4.69, 9.17) is 9.47 Å². The van der Waals surface area contributed by atoms with Gasteiger partial charge in [-0.2, -0.15) is 0 Å². The van der Waals surface area contributed by atoms with Crippen molar-refractivity contribution in [2.45, 2.75) is 25.9 Å². The third kappa shape index (κ3) is 3.53. The zero-order chi connectivity index (χ0) is 18.8. The van der Waals surface area contributed by atoms with E-state index in [9.17, 15) is 4.79 Å². The number of aryl methyl sites for hydroxylation is 1. The van der Waals surface area contributed by atoms with Gasteiger partial charge in [-0.15, -0.1) is 0 Å². The quantitative estimate of drug-likeness (QED) is 0.754. The summed E-state index contributed by atoms with van der Waals surface area (Å²) in [5.74, 6) is 1.59. The predicted molar refractivity (Wildman–Crippen MR) is 104 cm³/mol. The van der Waals surface area contributed by atoms with Crippen LogP contribution in [0, 0.1) is 6.92 Å². The number of ether oxygens (including phenoxy) is 2. The Morgan fingerprint density at radius 1 is 1.30 bits per heavy atom. The maximum absolute atomic E-state index is 12.5. The lowest BCUT2D eigenvalue weighted by atomic mass is 10.1. The number of carbonyl (C=O) groups is 1. The largest absolute Gasteiger partial charge is 0.497 e. The second kappa shape index (κ2) is 7.40. The second-order valence-corrected chi connectivity index (χ2v) is 6.74. The van der Waals surface area contributed by atoms with Crippen LogP contribution < -0.4 is 10.1 Å². The number of amides is 1. The van der Waals surface area contributed by atoms with Crippen molar-refractivity contribution >= 4 is 16.9 Å². The number of imidazole rings is 1. The fraction of sp³-hybridized carbons (Fsp3) is 0.333. The van der Waals surface area contributed by atoms with E-state index in [2.05, 4.69) is 14.9 Å². The molecule has 2 heterocycles. The Bertz CT molecular complexity index is 957. The normalized spacial score (nSPS) is 16.6. The number of methoxy groups -OCH3 is 1. The van der Waals surface area contributed by atoms with E-state index in [1.807, 2.05) is 49.4 Å². The molecule has 1 N–H and O–H groups in total. The molecule has 0 radical (unpaired) electrons. The first-order valence-electron chi connectivity index (χ1n) is 9.19. The number of nitrogens with zero attached hydrogens (tertiary/aromatic N) is 2. The number of nitrogens with one attached hydrogen (secondary N) is 1. The van der Waals surface area contributed by atoms with Crippen molar-refractivity contribution in [1.82, 2.24) is 14.9 Å². The molecule has 0 saturated carbocycles. The lowest BCUT2D eigenvalue weighted by Gasteiger charge is -2.11. The summed E-state index contributed by atoms with van der Waals surface area (Å²) in [5, 5.41) is 2.96. The highest BCUT2D eigenvalue weighted by Gasteiger charge is 2.17. The van der Waals surface area contributed by atoms with Gasteiger partial charge in [0.05, 0.1) is 24.2 Å². The van der Waals surface area contributed by atoms with Crippen molar-refractivity contribution in [3.63, 3.8) is 0 Å². The van der Waals surface area contributed by atoms with Crippen LogP contribution in [0.4, 0.5) is 0 Å². The lowest BCUT2D eigenvalue weighted by Crippen LogP contribution is -2.31. The molecule has 27 heavy (non-hydrogen) atoms. The maximum Gasteiger partial charge on any atom is 0.251 e. The molecule has 6 heteroatoms. The van der Waals surface area contributed by atoms with E-state index in [0.717, 1.165) is 47.7 Å². The lowest BCUT2D eigenvalue weighted by molar-refractivity contribution is 0.0858. The van der Waals surface area contributed by atoms with Crippen LogP contribution in [0.5, 0.6) is 5.75 Å². The van der Waals surface area contributed by atoms with E-state index < -0.39 is 0 Å². The Kier molecular flexibility index (Phi) is 4.81. The van der Waals surface area contributed by atoms with Crippen molar-refractivity contribution < 1.29 is 14.3 Å². The van der Waals surface area contributed by atoms with Crippen LogP contribution in [-0.2, 0) is 4.74 Å². The summed E-state index contributed by atoms with van der Waals surface area (Å²) in [6.45, 7) is 3.30. The first kappa shape index (κ1) is 17.5. The van der Waals surface area contributed by atoms with Crippen LogP contribution in [0.1, 0.15) is 29.0 Å². The van der Waals surface area contributed by atoms with E-state index >= 15 is 0 Å². The molecular formula is C21H23N3O3. The Labute approximate surface area is 158 Å². The van der Waals surface area contributed by atoms with Gasteiger partial charge in [-0.25, -0.2) is 4.98 Å². The Balaban J connectivity index is 1.58. The summed E-state index contributed by atoms with van der Waals surface area (Å²) >= 11 is 0. The van der Waals surface area contributed by atoms with Crippen LogP contribution in [0.15, 0.2) is 42.5 Å². The molecule has 0 bridgehead atoms. The van der Waals surface area contributed by atoms with Gasteiger partial charge in [-0.1, -0.05) is 0 Å². The number of benzene rings is 2. The van der Waals surface area contributed by atoms with Gasteiger partial charge in [0.15, 0.2) is 0 Å². The Morgan fingerprint density at radius 2 is 2.11 bits per heavy atom. The number of aromatic nitrogens is 2. The van der Waals surface area contributed by atoms with Crippen molar-refractivity contribution in [3.05, 3.63) is 53.9 Å². The molecule has 140 valence electrons. The number of rotatable bonds is 5. The molecule has 1 fully saturated rings.